The third kappa shape index (κ3) is 4.01. The van der Waals surface area contributed by atoms with Gasteiger partial charge >= 0.3 is 5.97 Å². The normalized spacial score (nSPS) is 21.1. The molecule has 1 saturated carbocycles. The van der Waals surface area contributed by atoms with Gasteiger partial charge in [0.15, 0.2) is 0 Å². The first-order chi connectivity index (χ1) is 10.7. The second-order valence-electron chi connectivity index (χ2n) is 6.56. The summed E-state index contributed by atoms with van der Waals surface area (Å²) in [5.41, 5.74) is 1.25. The van der Waals surface area contributed by atoms with Gasteiger partial charge < -0.3 is 9.84 Å². The van der Waals surface area contributed by atoms with Crippen molar-refractivity contribution in [3.8, 4) is 5.75 Å². The van der Waals surface area contributed by atoms with Crippen LogP contribution in [0, 0.1) is 5.92 Å². The van der Waals surface area contributed by atoms with E-state index in [0.29, 0.717) is 6.10 Å². The van der Waals surface area contributed by atoms with E-state index < -0.39 is 5.97 Å². The van der Waals surface area contributed by atoms with Crippen LogP contribution in [0.4, 0.5) is 0 Å². The quantitative estimate of drug-likeness (QED) is 0.906. The summed E-state index contributed by atoms with van der Waals surface area (Å²) in [6.45, 7) is 2.61. The standard InChI is InChI=1S/C18H25NO3/c20-18(21)15-8-10-19(11-9-15)13-14-4-3-7-17(12-14)22-16-5-1-2-6-16/h3-4,7,12,15-16H,1-2,5-6,8-11,13H2,(H,20,21). The zero-order valence-corrected chi connectivity index (χ0v) is 13.0. The fourth-order valence-electron chi connectivity index (χ4n) is 3.51. The Labute approximate surface area is 132 Å². The lowest BCUT2D eigenvalue weighted by Gasteiger charge is -2.30. The Hall–Kier alpha value is -1.55. The summed E-state index contributed by atoms with van der Waals surface area (Å²) in [5.74, 6) is 0.171. The zero-order valence-electron chi connectivity index (χ0n) is 13.0. The van der Waals surface area contributed by atoms with Crippen LogP contribution in [0.2, 0.25) is 0 Å². The van der Waals surface area contributed by atoms with Gasteiger partial charge in [-0.2, -0.15) is 0 Å². The zero-order chi connectivity index (χ0) is 15.4. The highest BCUT2D eigenvalue weighted by molar-refractivity contribution is 5.70. The summed E-state index contributed by atoms with van der Waals surface area (Å²) in [7, 11) is 0. The molecule has 0 aromatic heterocycles. The molecule has 22 heavy (non-hydrogen) atoms. The van der Waals surface area contributed by atoms with Crippen LogP contribution in [-0.2, 0) is 11.3 Å². The molecule has 0 atom stereocenters. The van der Waals surface area contributed by atoms with E-state index in [9.17, 15) is 4.79 Å². The minimum Gasteiger partial charge on any atom is -0.490 e. The Balaban J connectivity index is 1.53. The van der Waals surface area contributed by atoms with Crippen molar-refractivity contribution >= 4 is 5.97 Å². The molecule has 0 amide bonds. The summed E-state index contributed by atoms with van der Waals surface area (Å²) in [6, 6.07) is 8.37. The molecule has 1 N–H and O–H groups in total. The third-order valence-corrected chi connectivity index (χ3v) is 4.85. The first-order valence-electron chi connectivity index (χ1n) is 8.41. The van der Waals surface area contributed by atoms with Crippen LogP contribution in [0.25, 0.3) is 0 Å². The lowest BCUT2D eigenvalue weighted by atomic mass is 9.97. The number of aliphatic carboxylic acids is 1. The number of carboxylic acid groups (broad SMARTS) is 1. The fraction of sp³-hybridized carbons (Fsp3) is 0.611. The summed E-state index contributed by atoms with van der Waals surface area (Å²) in [6.07, 6.45) is 6.81. The van der Waals surface area contributed by atoms with Crippen molar-refractivity contribution in [3.63, 3.8) is 0 Å². The third-order valence-electron chi connectivity index (χ3n) is 4.85. The van der Waals surface area contributed by atoms with Crippen LogP contribution in [0.15, 0.2) is 24.3 Å². The molecule has 2 fully saturated rings. The molecule has 0 unspecified atom stereocenters. The Morgan fingerprint density at radius 3 is 2.59 bits per heavy atom. The lowest BCUT2D eigenvalue weighted by molar-refractivity contribution is -0.143. The monoisotopic (exact) mass is 303 g/mol. The van der Waals surface area contributed by atoms with Crippen molar-refractivity contribution in [2.75, 3.05) is 13.1 Å². The van der Waals surface area contributed by atoms with E-state index in [4.69, 9.17) is 9.84 Å². The highest BCUT2D eigenvalue weighted by Gasteiger charge is 2.24. The summed E-state index contributed by atoms with van der Waals surface area (Å²) in [4.78, 5) is 13.3. The number of ether oxygens (including phenoxy) is 1. The van der Waals surface area contributed by atoms with Crippen LogP contribution in [-0.4, -0.2) is 35.2 Å². The van der Waals surface area contributed by atoms with E-state index in [-0.39, 0.29) is 5.92 Å². The average molecular weight is 303 g/mol. The van der Waals surface area contributed by atoms with Crippen molar-refractivity contribution in [1.29, 1.82) is 0 Å². The number of hydrogen-bond donors (Lipinski definition) is 1. The van der Waals surface area contributed by atoms with Crippen molar-refractivity contribution in [2.45, 2.75) is 51.2 Å². The summed E-state index contributed by atoms with van der Waals surface area (Å²) < 4.78 is 6.06. The number of piperidine rings is 1. The maximum atomic E-state index is 11.0. The highest BCUT2D eigenvalue weighted by Crippen LogP contribution is 2.25. The SMILES string of the molecule is O=C(O)C1CCN(Cc2cccc(OC3CCCC3)c2)CC1. The van der Waals surface area contributed by atoms with Crippen LogP contribution in [0.3, 0.4) is 0 Å². The second-order valence-corrected chi connectivity index (χ2v) is 6.56. The van der Waals surface area contributed by atoms with Gasteiger partial charge in [-0.05, 0) is 69.3 Å². The van der Waals surface area contributed by atoms with Gasteiger partial charge in [-0.3, -0.25) is 9.69 Å². The van der Waals surface area contributed by atoms with Gasteiger partial charge in [0.2, 0.25) is 0 Å². The van der Waals surface area contributed by atoms with Crippen molar-refractivity contribution in [2.24, 2.45) is 5.92 Å². The Bertz CT molecular complexity index is 503. The molecular weight excluding hydrogens is 278 g/mol. The van der Waals surface area contributed by atoms with E-state index in [1.165, 1.54) is 31.2 Å². The molecule has 0 bridgehead atoms. The number of benzene rings is 1. The predicted molar refractivity (Wildman–Crippen MR) is 85.0 cm³/mol. The minimum atomic E-state index is -0.647. The molecule has 3 rings (SSSR count). The van der Waals surface area contributed by atoms with Gasteiger partial charge in [0.25, 0.3) is 0 Å². The molecule has 1 aromatic rings. The molecular formula is C18H25NO3. The molecule has 4 nitrogen and oxygen atoms in total. The Morgan fingerprint density at radius 2 is 1.91 bits per heavy atom. The van der Waals surface area contributed by atoms with E-state index in [1.54, 1.807) is 0 Å². The molecule has 0 radical (unpaired) electrons. The van der Waals surface area contributed by atoms with Gasteiger partial charge in [0.05, 0.1) is 12.0 Å². The number of carbonyl (C=O) groups is 1. The maximum Gasteiger partial charge on any atom is 0.306 e. The van der Waals surface area contributed by atoms with Crippen LogP contribution in [0.1, 0.15) is 44.1 Å². The largest absolute Gasteiger partial charge is 0.490 e. The van der Waals surface area contributed by atoms with Crippen LogP contribution in [0.5, 0.6) is 5.75 Å². The van der Waals surface area contributed by atoms with Gasteiger partial charge in [0.1, 0.15) is 5.75 Å². The van der Waals surface area contributed by atoms with Gasteiger partial charge in [-0.1, -0.05) is 12.1 Å². The summed E-state index contributed by atoms with van der Waals surface area (Å²) in [5, 5.41) is 9.05. The average Bonchev–Trinajstić information content (AvgIpc) is 3.01. The highest BCUT2D eigenvalue weighted by atomic mass is 16.5. The van der Waals surface area contributed by atoms with Crippen molar-refractivity contribution in [3.05, 3.63) is 29.8 Å². The second kappa shape index (κ2) is 7.14. The fourth-order valence-corrected chi connectivity index (χ4v) is 3.51. The molecule has 120 valence electrons. The lowest BCUT2D eigenvalue weighted by Crippen LogP contribution is -2.35. The van der Waals surface area contributed by atoms with Gasteiger partial charge in [-0.15, -0.1) is 0 Å². The molecule has 0 spiro atoms. The smallest absolute Gasteiger partial charge is 0.306 e. The van der Waals surface area contributed by atoms with E-state index in [0.717, 1.165) is 38.2 Å². The molecule has 1 aliphatic heterocycles. The van der Waals surface area contributed by atoms with Crippen molar-refractivity contribution in [1.82, 2.24) is 4.90 Å². The van der Waals surface area contributed by atoms with E-state index in [2.05, 4.69) is 23.1 Å². The van der Waals surface area contributed by atoms with Crippen molar-refractivity contribution < 1.29 is 14.6 Å². The molecule has 1 aromatic carbocycles. The Morgan fingerprint density at radius 1 is 1.18 bits per heavy atom. The van der Waals surface area contributed by atoms with E-state index in [1.807, 2.05) is 6.07 Å². The molecule has 4 heteroatoms. The number of hydrogen-bond acceptors (Lipinski definition) is 3. The number of likely N-dealkylation sites (tertiary alicyclic amines) is 1. The minimum absolute atomic E-state index is 0.159. The molecule has 1 aliphatic carbocycles. The number of carboxylic acids is 1. The summed E-state index contributed by atoms with van der Waals surface area (Å²) >= 11 is 0. The van der Waals surface area contributed by atoms with Gasteiger partial charge in [0, 0.05) is 6.54 Å². The van der Waals surface area contributed by atoms with Crippen LogP contribution >= 0.6 is 0 Å². The molecule has 1 saturated heterocycles. The first kappa shape index (κ1) is 15.3. The topological polar surface area (TPSA) is 49.8 Å². The van der Waals surface area contributed by atoms with E-state index >= 15 is 0 Å². The predicted octanol–water partition coefficient (Wildman–Crippen LogP) is 3.30. The van der Waals surface area contributed by atoms with Crippen LogP contribution < -0.4 is 4.74 Å². The molecule has 1 heterocycles. The number of nitrogens with zero attached hydrogens (tertiary/aromatic N) is 1. The first-order valence-corrected chi connectivity index (χ1v) is 8.41. The van der Waals surface area contributed by atoms with Gasteiger partial charge in [-0.25, -0.2) is 0 Å². The molecule has 2 aliphatic rings. The maximum absolute atomic E-state index is 11.0. The number of rotatable bonds is 5. The Kier molecular flexibility index (Phi) is 4.98.